The summed E-state index contributed by atoms with van der Waals surface area (Å²) in [6.45, 7) is 4.77. The first kappa shape index (κ1) is 11.7. The minimum Gasteiger partial charge on any atom is -0.390 e. The van der Waals surface area contributed by atoms with E-state index in [1.165, 1.54) is 5.69 Å². The lowest BCUT2D eigenvalue weighted by Gasteiger charge is -2.09. The Kier molecular flexibility index (Phi) is 4.62. The van der Waals surface area contributed by atoms with Crippen LogP contribution in [0.25, 0.3) is 0 Å². The van der Waals surface area contributed by atoms with Gasteiger partial charge >= 0.3 is 0 Å². The van der Waals surface area contributed by atoms with Crippen molar-refractivity contribution in [1.29, 1.82) is 0 Å². The lowest BCUT2D eigenvalue weighted by Crippen LogP contribution is -2.19. The van der Waals surface area contributed by atoms with Gasteiger partial charge in [0.2, 0.25) is 0 Å². The van der Waals surface area contributed by atoms with E-state index in [2.05, 4.69) is 40.9 Å². The molecule has 0 fully saturated rings. The van der Waals surface area contributed by atoms with Gasteiger partial charge in [-0.2, -0.15) is 5.10 Å². The smallest absolute Gasteiger partial charge is 0.0832 e. The molecular formula is C10H17BrN2O. The summed E-state index contributed by atoms with van der Waals surface area (Å²) in [5.74, 6) is 0. The third-order valence-corrected chi connectivity index (χ3v) is 2.95. The minimum atomic E-state index is -0.357. The summed E-state index contributed by atoms with van der Waals surface area (Å²) in [5.41, 5.74) is 2.30. The van der Waals surface area contributed by atoms with Gasteiger partial charge < -0.3 is 5.11 Å². The lowest BCUT2D eigenvalue weighted by atomic mass is 10.2. The van der Waals surface area contributed by atoms with Gasteiger partial charge in [0, 0.05) is 11.0 Å². The summed E-state index contributed by atoms with van der Waals surface area (Å²) in [4.78, 5) is 0. The molecule has 0 aromatic carbocycles. The Balaban J connectivity index is 2.78. The van der Waals surface area contributed by atoms with Crippen LogP contribution in [0.3, 0.4) is 0 Å². The number of hydrogen-bond donors (Lipinski definition) is 1. The van der Waals surface area contributed by atoms with Crippen LogP contribution in [0.15, 0.2) is 6.07 Å². The van der Waals surface area contributed by atoms with Crippen LogP contribution in [0.1, 0.15) is 25.2 Å². The molecule has 0 aliphatic rings. The molecule has 0 spiro atoms. The molecule has 80 valence electrons. The number of hydrogen-bond acceptors (Lipinski definition) is 2. The molecule has 1 N–H and O–H groups in total. The highest BCUT2D eigenvalue weighted by molar-refractivity contribution is 9.09. The molecule has 0 radical (unpaired) electrons. The van der Waals surface area contributed by atoms with Gasteiger partial charge in [-0.05, 0) is 18.9 Å². The molecule has 1 rings (SSSR count). The average Bonchev–Trinajstić information content (AvgIpc) is 2.60. The van der Waals surface area contributed by atoms with Gasteiger partial charge in [-0.15, -0.1) is 0 Å². The van der Waals surface area contributed by atoms with Crippen LogP contribution in [0, 0.1) is 0 Å². The van der Waals surface area contributed by atoms with Crippen molar-refractivity contribution in [2.75, 3.05) is 5.33 Å². The van der Waals surface area contributed by atoms with Crippen molar-refractivity contribution in [3.63, 3.8) is 0 Å². The number of aromatic nitrogens is 2. The summed E-state index contributed by atoms with van der Waals surface area (Å²) in [7, 11) is 0. The Morgan fingerprint density at radius 1 is 1.50 bits per heavy atom. The van der Waals surface area contributed by atoms with Crippen LogP contribution in [-0.4, -0.2) is 26.3 Å². The zero-order valence-electron chi connectivity index (χ0n) is 8.70. The Morgan fingerprint density at radius 3 is 2.71 bits per heavy atom. The van der Waals surface area contributed by atoms with Crippen LogP contribution in [0.2, 0.25) is 0 Å². The molecule has 0 aliphatic heterocycles. The molecule has 3 nitrogen and oxygen atoms in total. The summed E-state index contributed by atoms with van der Waals surface area (Å²) >= 11 is 3.25. The summed E-state index contributed by atoms with van der Waals surface area (Å²) in [6.07, 6.45) is 1.55. The predicted octanol–water partition coefficient (Wildman–Crippen LogP) is 1.76. The summed E-state index contributed by atoms with van der Waals surface area (Å²) in [6, 6.07) is 2.11. The number of aliphatic hydroxyl groups excluding tert-OH is 1. The second-order valence-electron chi connectivity index (χ2n) is 3.32. The van der Waals surface area contributed by atoms with E-state index < -0.39 is 0 Å². The first-order valence-electron chi connectivity index (χ1n) is 5.00. The average molecular weight is 261 g/mol. The topological polar surface area (TPSA) is 38.0 Å². The van der Waals surface area contributed by atoms with Crippen molar-refractivity contribution in [3.8, 4) is 0 Å². The van der Waals surface area contributed by atoms with Gasteiger partial charge in [-0.3, -0.25) is 4.68 Å². The fraction of sp³-hybridized carbons (Fsp3) is 0.700. The molecule has 1 heterocycles. The van der Waals surface area contributed by atoms with E-state index in [0.29, 0.717) is 11.9 Å². The van der Waals surface area contributed by atoms with E-state index >= 15 is 0 Å². The first-order valence-corrected chi connectivity index (χ1v) is 6.13. The van der Waals surface area contributed by atoms with E-state index in [1.807, 2.05) is 4.68 Å². The van der Waals surface area contributed by atoms with E-state index in [1.54, 1.807) is 0 Å². The third kappa shape index (κ3) is 2.82. The molecule has 0 saturated carbocycles. The largest absolute Gasteiger partial charge is 0.390 e. The number of nitrogens with zero attached hydrogens (tertiary/aromatic N) is 2. The molecule has 1 aromatic heterocycles. The quantitative estimate of drug-likeness (QED) is 0.820. The van der Waals surface area contributed by atoms with Crippen molar-refractivity contribution in [2.24, 2.45) is 0 Å². The lowest BCUT2D eigenvalue weighted by molar-refractivity contribution is 0.172. The van der Waals surface area contributed by atoms with Gasteiger partial charge in [-0.25, -0.2) is 0 Å². The van der Waals surface area contributed by atoms with Crippen LogP contribution in [0.5, 0.6) is 0 Å². The molecule has 14 heavy (non-hydrogen) atoms. The highest BCUT2D eigenvalue weighted by Gasteiger charge is 2.09. The van der Waals surface area contributed by atoms with Gasteiger partial charge in [-0.1, -0.05) is 29.8 Å². The van der Waals surface area contributed by atoms with Crippen LogP contribution >= 0.6 is 15.9 Å². The standard InChI is InChI=1S/C10H17BrN2O/c1-3-8-5-9(4-2)13(12-8)7-10(14)6-11/h5,10,14H,3-4,6-7H2,1-2H3. The molecule has 0 amide bonds. The van der Waals surface area contributed by atoms with Gasteiger partial charge in [0.1, 0.15) is 0 Å². The minimum absolute atomic E-state index is 0.357. The maximum absolute atomic E-state index is 9.51. The Morgan fingerprint density at radius 2 is 2.21 bits per heavy atom. The predicted molar refractivity (Wildman–Crippen MR) is 60.8 cm³/mol. The van der Waals surface area contributed by atoms with E-state index in [0.717, 1.165) is 18.5 Å². The van der Waals surface area contributed by atoms with Crippen LogP contribution in [0.4, 0.5) is 0 Å². The van der Waals surface area contributed by atoms with E-state index in [4.69, 9.17) is 0 Å². The summed E-state index contributed by atoms with van der Waals surface area (Å²) in [5, 5.41) is 14.5. The van der Waals surface area contributed by atoms with Crippen LogP contribution in [-0.2, 0) is 19.4 Å². The van der Waals surface area contributed by atoms with Crippen molar-refractivity contribution < 1.29 is 5.11 Å². The van der Waals surface area contributed by atoms with Gasteiger partial charge in [0.15, 0.2) is 0 Å². The van der Waals surface area contributed by atoms with Crippen molar-refractivity contribution >= 4 is 15.9 Å². The highest BCUT2D eigenvalue weighted by Crippen LogP contribution is 2.07. The maximum atomic E-state index is 9.51. The highest BCUT2D eigenvalue weighted by atomic mass is 79.9. The van der Waals surface area contributed by atoms with Crippen LogP contribution < -0.4 is 0 Å². The molecule has 0 aliphatic carbocycles. The van der Waals surface area contributed by atoms with E-state index in [-0.39, 0.29) is 6.10 Å². The summed E-state index contributed by atoms with van der Waals surface area (Å²) < 4.78 is 1.91. The molecule has 1 unspecified atom stereocenters. The number of aliphatic hydroxyl groups is 1. The van der Waals surface area contributed by atoms with Gasteiger partial charge in [0.05, 0.1) is 18.3 Å². The molecule has 1 aromatic rings. The number of alkyl halides is 1. The molecule has 0 saturated heterocycles. The zero-order valence-corrected chi connectivity index (χ0v) is 10.3. The second-order valence-corrected chi connectivity index (χ2v) is 3.97. The fourth-order valence-electron chi connectivity index (χ4n) is 1.38. The van der Waals surface area contributed by atoms with Crippen molar-refractivity contribution in [2.45, 2.75) is 39.3 Å². The molecule has 1 atom stereocenters. The fourth-order valence-corrected chi connectivity index (χ4v) is 1.58. The molecular weight excluding hydrogens is 244 g/mol. The SMILES string of the molecule is CCc1cc(CC)n(CC(O)CBr)n1. The monoisotopic (exact) mass is 260 g/mol. The number of aryl methyl sites for hydroxylation is 2. The van der Waals surface area contributed by atoms with Crippen molar-refractivity contribution in [1.82, 2.24) is 9.78 Å². The second kappa shape index (κ2) is 5.51. The van der Waals surface area contributed by atoms with Gasteiger partial charge in [0.25, 0.3) is 0 Å². The normalized spacial score (nSPS) is 13.1. The number of rotatable bonds is 5. The Labute approximate surface area is 93.3 Å². The molecule has 0 bridgehead atoms. The Hall–Kier alpha value is -0.350. The van der Waals surface area contributed by atoms with E-state index in [9.17, 15) is 5.11 Å². The van der Waals surface area contributed by atoms with Crippen molar-refractivity contribution in [3.05, 3.63) is 17.5 Å². The maximum Gasteiger partial charge on any atom is 0.0832 e. The number of halogens is 1. The third-order valence-electron chi connectivity index (χ3n) is 2.20. The zero-order chi connectivity index (χ0) is 10.6. The molecule has 4 heteroatoms. The Bertz CT molecular complexity index is 286. The first-order chi connectivity index (χ1) is 6.71.